The Bertz CT molecular complexity index is 1270. The molecule has 13 nitrogen and oxygen atoms in total. The van der Waals surface area contributed by atoms with Crippen molar-refractivity contribution in [1.82, 2.24) is 35.3 Å². The molecule has 3 heterocycles. The van der Waals surface area contributed by atoms with Gasteiger partial charge in [-0.15, -0.1) is 10.2 Å². The number of nitrogens with one attached hydrogen (secondary N) is 1. The van der Waals surface area contributed by atoms with Gasteiger partial charge in [-0.3, -0.25) is 0 Å². The number of piperidine rings is 1. The van der Waals surface area contributed by atoms with Gasteiger partial charge in [-0.25, -0.2) is 19.0 Å². The van der Waals surface area contributed by atoms with Crippen LogP contribution in [-0.2, 0) is 25.5 Å². The van der Waals surface area contributed by atoms with Crippen molar-refractivity contribution in [3.8, 4) is 22.5 Å². The van der Waals surface area contributed by atoms with Gasteiger partial charge in [0.2, 0.25) is 0 Å². The molecule has 0 aliphatic carbocycles. The first-order valence-corrected chi connectivity index (χ1v) is 13.6. The molecule has 1 aliphatic rings. The number of carbonyl (C=O) groups is 2. The van der Waals surface area contributed by atoms with Crippen LogP contribution in [0.3, 0.4) is 0 Å². The van der Waals surface area contributed by atoms with Crippen LogP contribution < -0.4 is 11.1 Å². The lowest BCUT2D eigenvalue weighted by molar-refractivity contribution is -0.146. The minimum absolute atomic E-state index is 0.380. The van der Waals surface area contributed by atoms with Gasteiger partial charge in [0.25, 0.3) is 0 Å². The number of rotatable bonds is 13. The number of carbonyl (C=O) groups excluding carboxylic acids is 2. The zero-order valence-corrected chi connectivity index (χ0v) is 23.0. The van der Waals surface area contributed by atoms with Gasteiger partial charge >= 0.3 is 11.9 Å². The highest BCUT2D eigenvalue weighted by molar-refractivity contribution is 5.75. The maximum atomic E-state index is 12.5. The van der Waals surface area contributed by atoms with Crippen LogP contribution in [0.25, 0.3) is 22.5 Å². The summed E-state index contributed by atoms with van der Waals surface area (Å²) in [6.45, 7) is 2.07. The summed E-state index contributed by atoms with van der Waals surface area (Å²) in [5, 5.41) is 30.1. The van der Waals surface area contributed by atoms with E-state index in [0.29, 0.717) is 30.3 Å². The van der Waals surface area contributed by atoms with Crippen LogP contribution in [0.5, 0.6) is 0 Å². The number of benzene rings is 1. The molecule has 0 saturated carbocycles. The van der Waals surface area contributed by atoms with Gasteiger partial charge in [-0.05, 0) is 87.8 Å². The average molecular weight is 555 g/mol. The Labute approximate surface area is 233 Å². The number of nitrogens with two attached hydrogens (primary N) is 1. The molecule has 0 radical (unpaired) electrons. The third kappa shape index (κ3) is 7.09. The van der Waals surface area contributed by atoms with Gasteiger partial charge in [-0.1, -0.05) is 10.4 Å². The molecule has 0 unspecified atom stereocenters. The maximum absolute atomic E-state index is 12.5. The summed E-state index contributed by atoms with van der Waals surface area (Å²) in [5.74, 6) is -0.447. The lowest BCUT2D eigenvalue weighted by Crippen LogP contribution is -2.28. The van der Waals surface area contributed by atoms with Crippen LogP contribution in [-0.4, -0.2) is 87.5 Å². The Kier molecular flexibility index (Phi) is 10.3. The van der Waals surface area contributed by atoms with Crippen LogP contribution in [0.2, 0.25) is 0 Å². The molecule has 3 aromatic rings. The van der Waals surface area contributed by atoms with E-state index >= 15 is 0 Å². The van der Waals surface area contributed by atoms with Gasteiger partial charge in [-0.2, -0.15) is 0 Å². The molecule has 1 saturated heterocycles. The van der Waals surface area contributed by atoms with Gasteiger partial charge in [0.05, 0.1) is 33.2 Å². The maximum Gasteiger partial charge on any atom is 0.333 e. The van der Waals surface area contributed by atoms with E-state index in [9.17, 15) is 14.7 Å². The Morgan fingerprint density at radius 3 is 2.10 bits per heavy atom. The number of methoxy groups -OCH3 is 2. The molecule has 0 bridgehead atoms. The van der Waals surface area contributed by atoms with Gasteiger partial charge in [0, 0.05) is 11.1 Å². The summed E-state index contributed by atoms with van der Waals surface area (Å²) in [7, 11) is 2.62. The lowest BCUT2D eigenvalue weighted by Gasteiger charge is -2.23. The van der Waals surface area contributed by atoms with E-state index < -0.39 is 24.7 Å². The van der Waals surface area contributed by atoms with E-state index in [1.165, 1.54) is 18.9 Å². The summed E-state index contributed by atoms with van der Waals surface area (Å²) in [4.78, 5) is 24.6. The Balaban J connectivity index is 1.68. The number of unbranched alkanes of at least 4 members (excludes halogenated alkanes) is 1. The molecule has 2 atom stereocenters. The number of nitrogens with zero attached hydrogens (tertiary/aromatic N) is 6. The fourth-order valence-corrected chi connectivity index (χ4v) is 5.03. The normalized spacial score (nSPS) is 15.5. The van der Waals surface area contributed by atoms with Gasteiger partial charge < -0.3 is 25.6 Å². The quantitative estimate of drug-likeness (QED) is 0.205. The molecular formula is C27H38N8O5. The molecule has 1 fully saturated rings. The second-order valence-electron chi connectivity index (χ2n) is 10.0. The summed E-state index contributed by atoms with van der Waals surface area (Å²) in [6, 6.07) is 4.52. The fourth-order valence-electron chi connectivity index (χ4n) is 5.03. The Morgan fingerprint density at radius 1 is 0.975 bits per heavy atom. The molecular weight excluding hydrogens is 516 g/mol. The van der Waals surface area contributed by atoms with Crippen molar-refractivity contribution in [1.29, 1.82) is 0 Å². The number of ether oxygens (including phenoxy) is 2. The fraction of sp³-hybridized carbons (Fsp3) is 0.556. The van der Waals surface area contributed by atoms with Crippen LogP contribution in [0.4, 0.5) is 0 Å². The van der Waals surface area contributed by atoms with Crippen molar-refractivity contribution in [2.24, 2.45) is 11.7 Å². The highest BCUT2D eigenvalue weighted by Crippen LogP contribution is 2.30. The van der Waals surface area contributed by atoms with Crippen LogP contribution >= 0.6 is 0 Å². The summed E-state index contributed by atoms with van der Waals surface area (Å²) < 4.78 is 12.7. The molecule has 2 aromatic heterocycles. The molecule has 40 heavy (non-hydrogen) atoms. The van der Waals surface area contributed by atoms with Crippen molar-refractivity contribution in [2.75, 3.05) is 40.5 Å². The zero-order chi connectivity index (χ0) is 28.5. The highest BCUT2D eigenvalue weighted by Gasteiger charge is 2.25. The zero-order valence-electron chi connectivity index (χ0n) is 23.0. The topological polar surface area (TPSA) is 172 Å². The molecule has 4 N–H and O–H groups in total. The van der Waals surface area contributed by atoms with Crippen LogP contribution in [0.15, 0.2) is 30.6 Å². The second-order valence-corrected chi connectivity index (χ2v) is 10.0. The predicted octanol–water partition coefficient (Wildman–Crippen LogP) is 1.30. The van der Waals surface area contributed by atoms with E-state index in [1.54, 1.807) is 17.1 Å². The molecule has 0 amide bonds. The molecule has 1 aliphatic heterocycles. The van der Waals surface area contributed by atoms with Gasteiger partial charge in [0.15, 0.2) is 12.1 Å². The molecule has 0 spiro atoms. The lowest BCUT2D eigenvalue weighted by atomic mass is 9.89. The summed E-state index contributed by atoms with van der Waals surface area (Å²) >= 11 is 0. The van der Waals surface area contributed by atoms with Crippen molar-refractivity contribution in [3.05, 3.63) is 36.2 Å². The van der Waals surface area contributed by atoms with Crippen molar-refractivity contribution in [2.45, 2.75) is 50.6 Å². The van der Waals surface area contributed by atoms with Crippen LogP contribution in [0, 0.1) is 5.92 Å². The standard InChI is InChI=1S/C27H38N8O5/c1-39-26(37)24(5-3-4-8-28)34-15-22(30-32-34)20-12-19(11-18-6-9-29-10-7-18)13-21(14-20)23-16-35(33-31-23)25(17-36)27(38)40-2/h12-16,18,24-25,29,36H,3-11,17,28H2,1-2H3/t24-,25-/m0/s1. The third-order valence-corrected chi connectivity index (χ3v) is 7.28. The first-order valence-electron chi connectivity index (χ1n) is 13.6. The monoisotopic (exact) mass is 554 g/mol. The molecule has 13 heteroatoms. The largest absolute Gasteiger partial charge is 0.467 e. The predicted molar refractivity (Wildman–Crippen MR) is 146 cm³/mol. The van der Waals surface area contributed by atoms with E-state index in [0.717, 1.165) is 61.9 Å². The van der Waals surface area contributed by atoms with Gasteiger partial charge in [0.1, 0.15) is 11.4 Å². The first kappa shape index (κ1) is 29.3. The van der Waals surface area contributed by atoms with Crippen molar-refractivity contribution < 1.29 is 24.2 Å². The first-order chi connectivity index (χ1) is 19.5. The van der Waals surface area contributed by atoms with Crippen molar-refractivity contribution in [3.63, 3.8) is 0 Å². The highest BCUT2D eigenvalue weighted by atomic mass is 16.5. The Hall–Kier alpha value is -3.68. The minimum Gasteiger partial charge on any atom is -0.467 e. The second kappa shape index (κ2) is 14.1. The number of hydrogen-bond donors (Lipinski definition) is 3. The molecule has 4 rings (SSSR count). The Morgan fingerprint density at radius 2 is 1.55 bits per heavy atom. The molecule has 1 aromatic carbocycles. The summed E-state index contributed by atoms with van der Waals surface area (Å²) in [5.41, 5.74) is 9.50. The van der Waals surface area contributed by atoms with Crippen molar-refractivity contribution >= 4 is 11.9 Å². The van der Waals surface area contributed by atoms with E-state index in [2.05, 4.69) is 38.1 Å². The number of aliphatic hydroxyl groups is 1. The molecule has 216 valence electrons. The third-order valence-electron chi connectivity index (χ3n) is 7.28. The van der Waals surface area contributed by atoms with E-state index in [-0.39, 0.29) is 5.97 Å². The number of hydrogen-bond acceptors (Lipinski definition) is 11. The SMILES string of the molecule is COC(=O)[C@H](CO)n1cc(-c2cc(CC3CCNCC3)cc(-c3cn([C@@H](CCCCN)C(=O)OC)nn3)c2)nn1. The number of aliphatic hydroxyl groups excluding tert-OH is 1. The smallest absolute Gasteiger partial charge is 0.333 e. The van der Waals surface area contributed by atoms with E-state index in [1.807, 2.05) is 6.07 Å². The number of esters is 2. The van der Waals surface area contributed by atoms with Crippen LogP contribution in [0.1, 0.15) is 49.8 Å². The number of aromatic nitrogens is 6. The summed E-state index contributed by atoms with van der Waals surface area (Å²) in [6.07, 6.45) is 8.54. The van der Waals surface area contributed by atoms with E-state index in [4.69, 9.17) is 15.2 Å². The minimum atomic E-state index is -0.988. The average Bonchev–Trinajstić information content (AvgIpc) is 3.67.